The Kier molecular flexibility index (Phi) is 4.72. The maximum atomic E-state index is 11.4. The van der Waals surface area contributed by atoms with Crippen molar-refractivity contribution in [2.45, 2.75) is 0 Å². The number of carbonyl (C=O) groups is 1. The summed E-state index contributed by atoms with van der Waals surface area (Å²) < 4.78 is 16.0. The minimum Gasteiger partial charge on any atom is -0.465 e. The standard InChI is InChI=1S/C19H15NO4/c1-22-19(21)14-7-12-18(20-13-14)24-17-10-8-16(9-11-17)23-15-5-3-2-4-6-15/h2-13H,1H3. The quantitative estimate of drug-likeness (QED) is 0.650. The summed E-state index contributed by atoms with van der Waals surface area (Å²) in [5.74, 6) is 2.05. The molecule has 0 aliphatic carbocycles. The largest absolute Gasteiger partial charge is 0.465 e. The average Bonchev–Trinajstić information content (AvgIpc) is 2.64. The van der Waals surface area contributed by atoms with Crippen molar-refractivity contribution < 1.29 is 19.0 Å². The zero-order valence-corrected chi connectivity index (χ0v) is 13.0. The topological polar surface area (TPSA) is 57.7 Å². The molecule has 3 aromatic rings. The normalized spacial score (nSPS) is 10.0. The van der Waals surface area contributed by atoms with Crippen LogP contribution in [-0.4, -0.2) is 18.1 Å². The number of esters is 1. The molecule has 0 atom stereocenters. The number of hydrogen-bond acceptors (Lipinski definition) is 5. The van der Waals surface area contributed by atoms with Crippen molar-refractivity contribution in [3.05, 3.63) is 78.5 Å². The number of benzene rings is 2. The second-order valence-corrected chi connectivity index (χ2v) is 4.87. The van der Waals surface area contributed by atoms with Crippen LogP contribution in [0.15, 0.2) is 72.9 Å². The van der Waals surface area contributed by atoms with Crippen molar-refractivity contribution in [3.63, 3.8) is 0 Å². The Balaban J connectivity index is 1.64. The monoisotopic (exact) mass is 321 g/mol. The van der Waals surface area contributed by atoms with Gasteiger partial charge in [0.15, 0.2) is 0 Å². The first-order valence-corrected chi connectivity index (χ1v) is 7.30. The molecule has 0 radical (unpaired) electrons. The predicted octanol–water partition coefficient (Wildman–Crippen LogP) is 4.45. The fourth-order valence-electron chi connectivity index (χ4n) is 2.00. The van der Waals surface area contributed by atoms with E-state index in [0.29, 0.717) is 22.9 Å². The Morgan fingerprint density at radius 1 is 0.792 bits per heavy atom. The lowest BCUT2D eigenvalue weighted by atomic mass is 10.3. The predicted molar refractivity (Wildman–Crippen MR) is 88.6 cm³/mol. The molecule has 1 aromatic heterocycles. The van der Waals surface area contributed by atoms with Crippen LogP contribution in [0.4, 0.5) is 0 Å². The summed E-state index contributed by atoms with van der Waals surface area (Å²) in [4.78, 5) is 15.4. The van der Waals surface area contributed by atoms with Gasteiger partial charge < -0.3 is 14.2 Å². The summed E-state index contributed by atoms with van der Waals surface area (Å²) >= 11 is 0. The van der Waals surface area contributed by atoms with E-state index in [1.165, 1.54) is 13.3 Å². The van der Waals surface area contributed by atoms with Crippen LogP contribution in [0.25, 0.3) is 0 Å². The molecule has 0 unspecified atom stereocenters. The van der Waals surface area contributed by atoms with E-state index >= 15 is 0 Å². The van der Waals surface area contributed by atoms with E-state index in [4.69, 9.17) is 9.47 Å². The molecule has 1 heterocycles. The highest BCUT2D eigenvalue weighted by Gasteiger charge is 2.06. The van der Waals surface area contributed by atoms with Gasteiger partial charge in [0.25, 0.3) is 0 Å². The third kappa shape index (κ3) is 3.89. The van der Waals surface area contributed by atoms with Gasteiger partial charge in [0.05, 0.1) is 12.7 Å². The maximum Gasteiger partial charge on any atom is 0.339 e. The SMILES string of the molecule is COC(=O)c1ccc(Oc2ccc(Oc3ccccc3)cc2)nc1. The second kappa shape index (κ2) is 7.28. The maximum absolute atomic E-state index is 11.4. The number of nitrogens with zero attached hydrogens (tertiary/aromatic N) is 1. The summed E-state index contributed by atoms with van der Waals surface area (Å²) in [5, 5.41) is 0. The molecule has 0 saturated heterocycles. The lowest BCUT2D eigenvalue weighted by Gasteiger charge is -2.08. The highest BCUT2D eigenvalue weighted by molar-refractivity contribution is 5.88. The zero-order chi connectivity index (χ0) is 16.8. The van der Waals surface area contributed by atoms with E-state index in [0.717, 1.165) is 5.75 Å². The molecule has 3 rings (SSSR count). The molecule has 0 N–H and O–H groups in total. The molecule has 24 heavy (non-hydrogen) atoms. The fourth-order valence-corrected chi connectivity index (χ4v) is 2.00. The molecule has 5 nitrogen and oxygen atoms in total. The Labute approximate surface area is 139 Å². The highest BCUT2D eigenvalue weighted by atomic mass is 16.5. The molecule has 0 amide bonds. The molecule has 120 valence electrons. The van der Waals surface area contributed by atoms with Crippen LogP contribution in [-0.2, 0) is 4.74 Å². The zero-order valence-electron chi connectivity index (χ0n) is 13.0. The van der Waals surface area contributed by atoms with E-state index in [1.807, 2.05) is 42.5 Å². The van der Waals surface area contributed by atoms with Gasteiger partial charge in [-0.05, 0) is 42.5 Å². The van der Waals surface area contributed by atoms with Crippen LogP contribution >= 0.6 is 0 Å². The third-order valence-electron chi connectivity index (χ3n) is 3.18. The Morgan fingerprint density at radius 2 is 1.42 bits per heavy atom. The number of pyridine rings is 1. The third-order valence-corrected chi connectivity index (χ3v) is 3.18. The van der Waals surface area contributed by atoms with Gasteiger partial charge in [0.2, 0.25) is 5.88 Å². The molecule has 0 saturated carbocycles. The minimum absolute atomic E-state index is 0.372. The van der Waals surface area contributed by atoms with E-state index in [2.05, 4.69) is 9.72 Å². The van der Waals surface area contributed by atoms with Gasteiger partial charge in [-0.3, -0.25) is 0 Å². The molecular weight excluding hydrogens is 306 g/mol. The number of ether oxygens (including phenoxy) is 3. The number of rotatable bonds is 5. The molecule has 5 heteroatoms. The number of aromatic nitrogens is 1. The Morgan fingerprint density at radius 3 is 2.00 bits per heavy atom. The molecular formula is C19H15NO4. The van der Waals surface area contributed by atoms with Crippen LogP contribution in [0, 0.1) is 0 Å². The first kappa shape index (κ1) is 15.6. The summed E-state index contributed by atoms with van der Waals surface area (Å²) in [6.07, 6.45) is 1.41. The summed E-state index contributed by atoms with van der Waals surface area (Å²) in [6.45, 7) is 0. The van der Waals surface area contributed by atoms with Crippen molar-refractivity contribution >= 4 is 5.97 Å². The minimum atomic E-state index is -0.434. The van der Waals surface area contributed by atoms with Crippen molar-refractivity contribution in [1.82, 2.24) is 4.98 Å². The Bertz CT molecular complexity index is 799. The number of methoxy groups -OCH3 is 1. The van der Waals surface area contributed by atoms with Gasteiger partial charge >= 0.3 is 5.97 Å². The first-order valence-electron chi connectivity index (χ1n) is 7.30. The van der Waals surface area contributed by atoms with Crippen molar-refractivity contribution in [1.29, 1.82) is 0 Å². The molecule has 0 fully saturated rings. The van der Waals surface area contributed by atoms with Crippen molar-refractivity contribution in [2.75, 3.05) is 7.11 Å². The smallest absolute Gasteiger partial charge is 0.339 e. The number of carbonyl (C=O) groups excluding carboxylic acids is 1. The van der Waals surface area contributed by atoms with Crippen molar-refractivity contribution in [2.24, 2.45) is 0 Å². The van der Waals surface area contributed by atoms with Crippen LogP contribution in [0.3, 0.4) is 0 Å². The van der Waals surface area contributed by atoms with Gasteiger partial charge in [0, 0.05) is 12.3 Å². The second-order valence-electron chi connectivity index (χ2n) is 4.87. The van der Waals surface area contributed by atoms with Gasteiger partial charge in [-0.2, -0.15) is 0 Å². The average molecular weight is 321 g/mol. The van der Waals surface area contributed by atoms with E-state index < -0.39 is 5.97 Å². The van der Waals surface area contributed by atoms with Gasteiger partial charge in [0.1, 0.15) is 17.2 Å². The molecule has 0 spiro atoms. The molecule has 0 aliphatic heterocycles. The lowest BCUT2D eigenvalue weighted by Crippen LogP contribution is -2.01. The molecule has 2 aromatic carbocycles. The number of hydrogen-bond donors (Lipinski definition) is 0. The van der Waals surface area contributed by atoms with Crippen LogP contribution in [0.2, 0.25) is 0 Å². The molecule has 0 aliphatic rings. The van der Waals surface area contributed by atoms with Crippen LogP contribution in [0.5, 0.6) is 23.1 Å². The summed E-state index contributed by atoms with van der Waals surface area (Å²) in [6, 6.07) is 19.9. The van der Waals surface area contributed by atoms with Gasteiger partial charge in [-0.25, -0.2) is 9.78 Å². The molecule has 0 bridgehead atoms. The summed E-state index contributed by atoms with van der Waals surface area (Å²) in [5.41, 5.74) is 0.372. The van der Waals surface area contributed by atoms with Crippen LogP contribution < -0.4 is 9.47 Å². The van der Waals surface area contributed by atoms with Crippen LogP contribution in [0.1, 0.15) is 10.4 Å². The lowest BCUT2D eigenvalue weighted by molar-refractivity contribution is 0.0600. The van der Waals surface area contributed by atoms with Crippen molar-refractivity contribution in [3.8, 4) is 23.1 Å². The van der Waals surface area contributed by atoms with Gasteiger partial charge in [-0.15, -0.1) is 0 Å². The number of para-hydroxylation sites is 1. The van der Waals surface area contributed by atoms with Gasteiger partial charge in [-0.1, -0.05) is 18.2 Å². The highest BCUT2D eigenvalue weighted by Crippen LogP contribution is 2.25. The fraction of sp³-hybridized carbons (Fsp3) is 0.0526. The van der Waals surface area contributed by atoms with E-state index in [-0.39, 0.29) is 0 Å². The first-order chi connectivity index (χ1) is 11.7. The summed E-state index contributed by atoms with van der Waals surface area (Å²) in [7, 11) is 1.33. The van der Waals surface area contributed by atoms with E-state index in [9.17, 15) is 4.79 Å². The van der Waals surface area contributed by atoms with E-state index in [1.54, 1.807) is 24.3 Å². The Hall–Kier alpha value is -3.34.